The molecule has 0 fully saturated rings. The van der Waals surface area contributed by atoms with Crippen molar-refractivity contribution in [1.82, 2.24) is 20.2 Å². The molecule has 1 amide bonds. The number of carboxylic acid groups (broad SMARTS) is 1. The predicted molar refractivity (Wildman–Crippen MR) is 102 cm³/mol. The Kier molecular flexibility index (Phi) is 6.80. The molecule has 2 aromatic heterocycles. The van der Waals surface area contributed by atoms with E-state index in [1.165, 1.54) is 6.26 Å². The summed E-state index contributed by atoms with van der Waals surface area (Å²) in [6.45, 7) is 3.52. The molecule has 3 rings (SSSR count). The number of alkyl halides is 3. The van der Waals surface area contributed by atoms with Crippen LogP contribution in [0.1, 0.15) is 29.9 Å². The number of nitrogens with zero attached hydrogens (tertiary/aromatic N) is 4. The Morgan fingerprint density at radius 2 is 1.90 bits per heavy atom. The molecule has 0 aliphatic rings. The molecule has 0 saturated heterocycles. The number of anilines is 1. The van der Waals surface area contributed by atoms with E-state index in [9.17, 15) is 18.0 Å². The van der Waals surface area contributed by atoms with Gasteiger partial charge in [0, 0.05) is 18.3 Å². The second-order valence-electron chi connectivity index (χ2n) is 6.91. The summed E-state index contributed by atoms with van der Waals surface area (Å²) >= 11 is 0. The van der Waals surface area contributed by atoms with Crippen molar-refractivity contribution in [3.8, 4) is 11.3 Å². The van der Waals surface area contributed by atoms with Crippen LogP contribution in [0, 0.1) is 0 Å². The number of nitrogens with one attached hydrogen (secondary N) is 1. The van der Waals surface area contributed by atoms with E-state index in [4.69, 9.17) is 20.2 Å². The number of hydrogen-bond donors (Lipinski definition) is 3. The zero-order chi connectivity index (χ0) is 23.4. The van der Waals surface area contributed by atoms with Gasteiger partial charge in [-0.1, -0.05) is 22.5 Å². The summed E-state index contributed by atoms with van der Waals surface area (Å²) in [7, 11) is 1.80. The van der Waals surface area contributed by atoms with Gasteiger partial charge in [0.05, 0.1) is 11.7 Å². The third-order valence-electron chi connectivity index (χ3n) is 3.69. The topological polar surface area (TPSA) is 149 Å². The van der Waals surface area contributed by atoms with Crippen LogP contribution in [0.3, 0.4) is 0 Å². The number of nitrogens with two attached hydrogens (primary N) is 1. The fourth-order valence-corrected chi connectivity index (χ4v) is 2.30. The lowest BCUT2D eigenvalue weighted by Crippen LogP contribution is -2.31. The summed E-state index contributed by atoms with van der Waals surface area (Å²) in [5.41, 5.74) is 8.17. The van der Waals surface area contributed by atoms with Crippen LogP contribution >= 0.6 is 0 Å². The first-order chi connectivity index (χ1) is 14.3. The number of amides is 1. The van der Waals surface area contributed by atoms with Gasteiger partial charge in [0.25, 0.3) is 5.91 Å². The maximum absolute atomic E-state index is 12.5. The van der Waals surface area contributed by atoms with Gasteiger partial charge in [-0.15, -0.1) is 5.10 Å². The number of benzene rings is 1. The second kappa shape index (κ2) is 8.95. The monoisotopic (exact) mass is 440 g/mol. The van der Waals surface area contributed by atoms with E-state index in [0.717, 1.165) is 11.3 Å². The number of carbonyl (C=O) groups is 2. The van der Waals surface area contributed by atoms with E-state index < -0.39 is 17.7 Å². The molecular formula is C18H19F3N6O4. The first kappa shape index (κ1) is 23.5. The van der Waals surface area contributed by atoms with Gasteiger partial charge in [-0.05, 0) is 26.0 Å². The van der Waals surface area contributed by atoms with Gasteiger partial charge < -0.3 is 20.7 Å². The summed E-state index contributed by atoms with van der Waals surface area (Å²) < 4.78 is 38.3. The maximum atomic E-state index is 12.5. The van der Waals surface area contributed by atoms with Crippen LogP contribution in [0.5, 0.6) is 0 Å². The molecule has 0 aliphatic carbocycles. The first-order valence-electron chi connectivity index (χ1n) is 8.61. The largest absolute Gasteiger partial charge is 0.490 e. The van der Waals surface area contributed by atoms with Crippen molar-refractivity contribution in [2.75, 3.05) is 5.32 Å². The van der Waals surface area contributed by atoms with E-state index in [1.807, 2.05) is 18.2 Å². The highest BCUT2D eigenvalue weighted by molar-refractivity contribution is 6.05. The standard InChI is InChI=1S/C16H18N6O2.C2HF3O2/c1-16(2,17)14-12(9-24-20-14)15(23)18-11-6-4-5-10(7-11)13-8-22(3)21-19-13;3-2(4,5)1(6)7/h4-9H,17H2,1-3H3,(H,18,23);(H,6,7). The van der Waals surface area contributed by atoms with Gasteiger partial charge >= 0.3 is 12.1 Å². The lowest BCUT2D eigenvalue weighted by Gasteiger charge is -2.16. The Labute approximate surface area is 173 Å². The molecule has 0 spiro atoms. The first-order valence-corrected chi connectivity index (χ1v) is 8.61. The van der Waals surface area contributed by atoms with E-state index in [1.54, 1.807) is 37.8 Å². The van der Waals surface area contributed by atoms with Crippen molar-refractivity contribution in [2.45, 2.75) is 25.6 Å². The van der Waals surface area contributed by atoms with Gasteiger partial charge in [0.2, 0.25) is 0 Å². The third kappa shape index (κ3) is 6.37. The number of halogens is 3. The Balaban J connectivity index is 0.000000423. The SMILES string of the molecule is Cn1cc(-c2cccc(NC(=O)c3conc3C(C)(C)N)c2)nn1.O=C(O)C(F)(F)F. The Morgan fingerprint density at radius 1 is 1.26 bits per heavy atom. The van der Waals surface area contributed by atoms with Crippen molar-refractivity contribution in [3.63, 3.8) is 0 Å². The van der Waals surface area contributed by atoms with Crippen molar-refractivity contribution in [2.24, 2.45) is 12.8 Å². The molecule has 166 valence electrons. The fraction of sp³-hybridized carbons (Fsp3) is 0.278. The zero-order valence-electron chi connectivity index (χ0n) is 16.6. The molecular weight excluding hydrogens is 421 g/mol. The third-order valence-corrected chi connectivity index (χ3v) is 3.69. The van der Waals surface area contributed by atoms with Crippen LogP contribution in [0.15, 0.2) is 41.2 Å². The lowest BCUT2D eigenvalue weighted by atomic mass is 9.98. The molecule has 0 bridgehead atoms. The van der Waals surface area contributed by atoms with Gasteiger partial charge in [-0.2, -0.15) is 13.2 Å². The summed E-state index contributed by atoms with van der Waals surface area (Å²) in [6.07, 6.45) is -1.98. The summed E-state index contributed by atoms with van der Waals surface area (Å²) in [6, 6.07) is 7.34. The van der Waals surface area contributed by atoms with Crippen LogP contribution in [0.4, 0.5) is 18.9 Å². The van der Waals surface area contributed by atoms with Gasteiger partial charge in [-0.25, -0.2) is 4.79 Å². The quantitative estimate of drug-likeness (QED) is 0.560. The van der Waals surface area contributed by atoms with Gasteiger partial charge in [0.1, 0.15) is 23.2 Å². The van der Waals surface area contributed by atoms with Crippen LogP contribution in [-0.4, -0.2) is 43.3 Å². The summed E-state index contributed by atoms with van der Waals surface area (Å²) in [5.74, 6) is -3.09. The molecule has 2 heterocycles. The predicted octanol–water partition coefficient (Wildman–Crippen LogP) is 2.55. The summed E-state index contributed by atoms with van der Waals surface area (Å²) in [5, 5.41) is 21.8. The van der Waals surface area contributed by atoms with Crippen LogP contribution in [-0.2, 0) is 17.4 Å². The van der Waals surface area contributed by atoms with Gasteiger partial charge in [-0.3, -0.25) is 9.48 Å². The molecule has 0 saturated carbocycles. The van der Waals surface area contributed by atoms with Crippen molar-refractivity contribution >= 4 is 17.6 Å². The number of carboxylic acids is 1. The molecule has 3 aromatic rings. The smallest absolute Gasteiger partial charge is 0.475 e. The van der Waals surface area contributed by atoms with Crippen LogP contribution < -0.4 is 11.1 Å². The maximum Gasteiger partial charge on any atom is 0.490 e. The second-order valence-corrected chi connectivity index (χ2v) is 6.91. The number of aromatic nitrogens is 4. The molecule has 13 heteroatoms. The number of aryl methyl sites for hydroxylation is 1. The van der Waals surface area contributed by atoms with Crippen LogP contribution in [0.2, 0.25) is 0 Å². The highest BCUT2D eigenvalue weighted by Gasteiger charge is 2.38. The Hall–Kier alpha value is -3.74. The molecule has 0 unspecified atom stereocenters. The van der Waals surface area contributed by atoms with E-state index in [-0.39, 0.29) is 5.91 Å². The molecule has 0 atom stereocenters. The molecule has 10 nitrogen and oxygen atoms in total. The van der Waals surface area contributed by atoms with E-state index in [2.05, 4.69) is 20.8 Å². The highest BCUT2D eigenvalue weighted by Crippen LogP contribution is 2.23. The normalized spacial score (nSPS) is 11.5. The molecule has 31 heavy (non-hydrogen) atoms. The van der Waals surface area contributed by atoms with Crippen molar-refractivity contribution < 1.29 is 32.4 Å². The molecule has 0 radical (unpaired) electrons. The van der Waals surface area contributed by atoms with Crippen molar-refractivity contribution in [1.29, 1.82) is 0 Å². The Bertz CT molecular complexity index is 1070. The molecule has 1 aromatic carbocycles. The van der Waals surface area contributed by atoms with Crippen molar-refractivity contribution in [3.05, 3.63) is 48.0 Å². The van der Waals surface area contributed by atoms with Crippen LogP contribution in [0.25, 0.3) is 11.3 Å². The number of rotatable bonds is 4. The zero-order valence-corrected chi connectivity index (χ0v) is 16.6. The fourth-order valence-electron chi connectivity index (χ4n) is 2.30. The average molecular weight is 440 g/mol. The minimum atomic E-state index is -5.08. The lowest BCUT2D eigenvalue weighted by molar-refractivity contribution is -0.192. The Morgan fingerprint density at radius 3 is 2.42 bits per heavy atom. The number of aliphatic carboxylic acids is 1. The molecule has 0 aliphatic heterocycles. The number of hydrogen-bond acceptors (Lipinski definition) is 7. The minimum absolute atomic E-state index is 0.312. The van der Waals surface area contributed by atoms with Gasteiger partial charge in [0.15, 0.2) is 0 Å². The van der Waals surface area contributed by atoms with E-state index >= 15 is 0 Å². The number of carbonyl (C=O) groups excluding carboxylic acids is 1. The van der Waals surface area contributed by atoms with E-state index in [0.29, 0.717) is 16.9 Å². The average Bonchev–Trinajstić information content (AvgIpc) is 3.30. The minimum Gasteiger partial charge on any atom is -0.475 e. The molecule has 4 N–H and O–H groups in total. The highest BCUT2D eigenvalue weighted by atomic mass is 19.4. The summed E-state index contributed by atoms with van der Waals surface area (Å²) in [4.78, 5) is 21.4.